The number of benzene rings is 3. The summed E-state index contributed by atoms with van der Waals surface area (Å²) < 4.78 is 30.2. The molecular formula is C31H36F2. The third-order valence-corrected chi connectivity index (χ3v) is 7.51. The van der Waals surface area contributed by atoms with Gasteiger partial charge in [-0.1, -0.05) is 100 Å². The molecule has 3 aromatic rings. The molecule has 0 bridgehead atoms. The summed E-state index contributed by atoms with van der Waals surface area (Å²) in [6, 6.07) is 19.8. The third-order valence-electron chi connectivity index (χ3n) is 7.51. The van der Waals surface area contributed by atoms with Crippen LogP contribution in [0.25, 0.3) is 22.3 Å². The molecule has 0 saturated heterocycles. The molecule has 1 saturated carbocycles. The topological polar surface area (TPSA) is 0 Å². The summed E-state index contributed by atoms with van der Waals surface area (Å²) in [4.78, 5) is 0. The van der Waals surface area contributed by atoms with Crippen molar-refractivity contribution < 1.29 is 8.78 Å². The molecule has 1 aliphatic rings. The molecule has 0 heterocycles. The number of halogens is 2. The highest BCUT2D eigenvalue weighted by Gasteiger charge is 2.26. The number of unbranched alkanes of at least 4 members (excludes halogenated alkanes) is 2. The molecule has 1 fully saturated rings. The summed E-state index contributed by atoms with van der Waals surface area (Å²) in [6.07, 6.45) is 10.4. The first-order valence-corrected chi connectivity index (χ1v) is 12.8. The molecule has 0 spiro atoms. The number of rotatable bonds is 8. The van der Waals surface area contributed by atoms with Gasteiger partial charge in [0.15, 0.2) is 11.6 Å². The van der Waals surface area contributed by atoms with E-state index in [-0.39, 0.29) is 5.92 Å². The minimum absolute atomic E-state index is 0.143. The lowest BCUT2D eigenvalue weighted by Crippen LogP contribution is -2.15. The summed E-state index contributed by atoms with van der Waals surface area (Å²) in [5, 5.41) is 0. The normalized spacial score (nSPS) is 18.4. The van der Waals surface area contributed by atoms with Crippen LogP contribution in [0.2, 0.25) is 0 Å². The van der Waals surface area contributed by atoms with E-state index in [0.717, 1.165) is 49.1 Å². The molecule has 0 atom stereocenters. The lowest BCUT2D eigenvalue weighted by molar-refractivity contribution is 0.298. The van der Waals surface area contributed by atoms with E-state index >= 15 is 8.78 Å². The fourth-order valence-electron chi connectivity index (χ4n) is 5.32. The molecule has 3 aromatic carbocycles. The lowest BCUT2D eigenvalue weighted by atomic mass is 9.76. The first kappa shape index (κ1) is 23.7. The summed E-state index contributed by atoms with van der Waals surface area (Å²) in [7, 11) is 0. The standard InChI is InChI=1S/C31H36F2/c1-3-5-6-7-23-10-14-26(15-11-23)28-20-21-29(31(33)30(28)32)27-18-16-25(17-19-27)24-12-8-22(4-2)9-13-24/h8-9,12-13,16-21,23,26H,3-7,10-11,14-15H2,1-2H3. The first-order valence-electron chi connectivity index (χ1n) is 12.8. The second-order valence-corrected chi connectivity index (χ2v) is 9.67. The average Bonchev–Trinajstić information content (AvgIpc) is 2.87. The minimum Gasteiger partial charge on any atom is -0.203 e. The van der Waals surface area contributed by atoms with Crippen molar-refractivity contribution in [2.24, 2.45) is 5.92 Å². The zero-order chi connectivity index (χ0) is 23.2. The van der Waals surface area contributed by atoms with Gasteiger partial charge in [-0.3, -0.25) is 0 Å². The van der Waals surface area contributed by atoms with Crippen molar-refractivity contribution in [3.63, 3.8) is 0 Å². The van der Waals surface area contributed by atoms with Gasteiger partial charge < -0.3 is 0 Å². The van der Waals surface area contributed by atoms with E-state index in [9.17, 15) is 0 Å². The minimum atomic E-state index is -0.711. The second kappa shape index (κ2) is 11.1. The highest BCUT2D eigenvalue weighted by molar-refractivity contribution is 5.71. The maximum absolute atomic E-state index is 15.1. The highest BCUT2D eigenvalue weighted by Crippen LogP contribution is 2.40. The van der Waals surface area contributed by atoms with Gasteiger partial charge in [-0.2, -0.15) is 0 Å². The molecule has 0 radical (unpaired) electrons. The van der Waals surface area contributed by atoms with Crippen LogP contribution < -0.4 is 0 Å². The first-order chi connectivity index (χ1) is 16.1. The predicted octanol–water partition coefficient (Wildman–Crippen LogP) is 9.72. The Morgan fingerprint density at radius 3 is 1.88 bits per heavy atom. The fraction of sp³-hybridized carbons (Fsp3) is 0.419. The van der Waals surface area contributed by atoms with Crippen LogP contribution >= 0.6 is 0 Å². The van der Waals surface area contributed by atoms with Crippen molar-refractivity contribution >= 4 is 0 Å². The van der Waals surface area contributed by atoms with Crippen molar-refractivity contribution in [2.45, 2.75) is 77.6 Å². The maximum Gasteiger partial charge on any atom is 0.166 e. The molecule has 174 valence electrons. The van der Waals surface area contributed by atoms with Gasteiger partial charge in [-0.15, -0.1) is 0 Å². The molecule has 1 aliphatic carbocycles. The molecule has 2 heteroatoms. The van der Waals surface area contributed by atoms with E-state index in [2.05, 4.69) is 38.1 Å². The van der Waals surface area contributed by atoms with Crippen LogP contribution in [-0.2, 0) is 6.42 Å². The maximum atomic E-state index is 15.1. The van der Waals surface area contributed by atoms with Crippen LogP contribution in [0, 0.1) is 17.6 Å². The summed E-state index contributed by atoms with van der Waals surface area (Å²) in [6.45, 7) is 4.37. The van der Waals surface area contributed by atoms with E-state index in [4.69, 9.17) is 0 Å². The zero-order valence-electron chi connectivity index (χ0n) is 20.0. The van der Waals surface area contributed by atoms with Gasteiger partial charge >= 0.3 is 0 Å². The van der Waals surface area contributed by atoms with Crippen molar-refractivity contribution in [2.75, 3.05) is 0 Å². The van der Waals surface area contributed by atoms with Crippen LogP contribution in [0.15, 0.2) is 60.7 Å². The average molecular weight is 447 g/mol. The Kier molecular flexibility index (Phi) is 7.96. The molecular weight excluding hydrogens is 410 g/mol. The Bertz CT molecular complexity index is 1030. The van der Waals surface area contributed by atoms with Gasteiger partial charge in [0.05, 0.1) is 0 Å². The van der Waals surface area contributed by atoms with Crippen LogP contribution in [-0.4, -0.2) is 0 Å². The highest BCUT2D eigenvalue weighted by atomic mass is 19.2. The van der Waals surface area contributed by atoms with Gasteiger partial charge in [-0.05, 0) is 71.8 Å². The summed E-state index contributed by atoms with van der Waals surface area (Å²) in [5.41, 5.74) is 5.14. The SMILES string of the molecule is CCCCCC1CCC(c2ccc(-c3ccc(-c4ccc(CC)cc4)cc3)c(F)c2F)CC1. The number of hydrogen-bond donors (Lipinski definition) is 0. The molecule has 4 rings (SSSR count). The Labute approximate surface area is 198 Å². The quantitative estimate of drug-likeness (QED) is 0.302. The monoisotopic (exact) mass is 446 g/mol. The van der Waals surface area contributed by atoms with Crippen molar-refractivity contribution in [3.05, 3.63) is 83.4 Å². The number of hydrogen-bond acceptors (Lipinski definition) is 0. The van der Waals surface area contributed by atoms with E-state index in [0.29, 0.717) is 16.7 Å². The second-order valence-electron chi connectivity index (χ2n) is 9.67. The predicted molar refractivity (Wildman–Crippen MR) is 135 cm³/mol. The van der Waals surface area contributed by atoms with E-state index < -0.39 is 11.6 Å². The Balaban J connectivity index is 1.46. The van der Waals surface area contributed by atoms with Crippen molar-refractivity contribution in [3.8, 4) is 22.3 Å². The fourth-order valence-corrected chi connectivity index (χ4v) is 5.32. The van der Waals surface area contributed by atoms with Gasteiger partial charge in [0.25, 0.3) is 0 Å². The Morgan fingerprint density at radius 2 is 1.27 bits per heavy atom. The smallest absolute Gasteiger partial charge is 0.166 e. The van der Waals surface area contributed by atoms with E-state index in [1.165, 1.54) is 31.2 Å². The summed E-state index contributed by atoms with van der Waals surface area (Å²) in [5.74, 6) is -0.458. The molecule has 0 nitrogen and oxygen atoms in total. The summed E-state index contributed by atoms with van der Waals surface area (Å²) >= 11 is 0. The van der Waals surface area contributed by atoms with Crippen LogP contribution in [0.4, 0.5) is 8.78 Å². The van der Waals surface area contributed by atoms with Crippen LogP contribution in [0.1, 0.15) is 82.3 Å². The van der Waals surface area contributed by atoms with Crippen molar-refractivity contribution in [1.29, 1.82) is 0 Å². The van der Waals surface area contributed by atoms with Gasteiger partial charge in [-0.25, -0.2) is 8.78 Å². The van der Waals surface area contributed by atoms with E-state index in [1.54, 1.807) is 6.07 Å². The largest absolute Gasteiger partial charge is 0.203 e. The Hall–Kier alpha value is -2.48. The molecule has 0 amide bonds. The number of aryl methyl sites for hydroxylation is 1. The van der Waals surface area contributed by atoms with Crippen LogP contribution in [0.5, 0.6) is 0 Å². The molecule has 0 N–H and O–H groups in total. The van der Waals surface area contributed by atoms with Gasteiger partial charge in [0.1, 0.15) is 0 Å². The third kappa shape index (κ3) is 5.54. The molecule has 0 aromatic heterocycles. The van der Waals surface area contributed by atoms with Gasteiger partial charge in [0.2, 0.25) is 0 Å². The molecule has 0 aliphatic heterocycles. The zero-order valence-corrected chi connectivity index (χ0v) is 20.0. The van der Waals surface area contributed by atoms with Gasteiger partial charge in [0, 0.05) is 5.56 Å². The van der Waals surface area contributed by atoms with Crippen LogP contribution in [0.3, 0.4) is 0 Å². The Morgan fingerprint density at radius 1 is 0.667 bits per heavy atom. The lowest BCUT2D eigenvalue weighted by Gasteiger charge is -2.29. The molecule has 0 unspecified atom stereocenters. The van der Waals surface area contributed by atoms with E-state index in [1.807, 2.05) is 30.3 Å². The molecule has 33 heavy (non-hydrogen) atoms. The van der Waals surface area contributed by atoms with Crippen molar-refractivity contribution in [1.82, 2.24) is 0 Å².